The highest BCUT2D eigenvalue weighted by Gasteiger charge is 2.36. The monoisotopic (exact) mass is 256 g/mol. The molecule has 1 heterocycles. The highest BCUT2D eigenvalue weighted by molar-refractivity contribution is 5.86. The summed E-state index contributed by atoms with van der Waals surface area (Å²) in [4.78, 5) is 23.1. The fourth-order valence-electron chi connectivity index (χ4n) is 2.41. The van der Waals surface area contributed by atoms with E-state index in [1.807, 2.05) is 0 Å². The zero-order valence-corrected chi connectivity index (χ0v) is 11.3. The third kappa shape index (κ3) is 3.70. The van der Waals surface area contributed by atoms with Crippen molar-refractivity contribution in [2.75, 3.05) is 13.1 Å². The highest BCUT2D eigenvalue weighted by Crippen LogP contribution is 2.18. The minimum Gasteiger partial charge on any atom is -0.480 e. The lowest BCUT2D eigenvalue weighted by Gasteiger charge is -2.28. The van der Waals surface area contributed by atoms with E-state index in [4.69, 9.17) is 0 Å². The molecule has 3 N–H and O–H groups in total. The van der Waals surface area contributed by atoms with Gasteiger partial charge in [0.2, 0.25) is 5.91 Å². The second-order valence-corrected chi connectivity index (χ2v) is 5.04. The van der Waals surface area contributed by atoms with E-state index in [-0.39, 0.29) is 5.91 Å². The Kier molecular flexibility index (Phi) is 5.59. The van der Waals surface area contributed by atoms with Crippen molar-refractivity contribution in [2.45, 2.75) is 51.5 Å². The number of aliphatic carboxylic acids is 1. The third-order valence-electron chi connectivity index (χ3n) is 3.94. The van der Waals surface area contributed by atoms with Gasteiger partial charge in [0.25, 0.3) is 0 Å². The number of nitrogens with one attached hydrogen (secondary N) is 2. The van der Waals surface area contributed by atoms with Crippen LogP contribution in [0.15, 0.2) is 0 Å². The molecule has 0 bridgehead atoms. The van der Waals surface area contributed by atoms with Gasteiger partial charge in [-0.25, -0.2) is 4.79 Å². The van der Waals surface area contributed by atoms with Gasteiger partial charge in [-0.2, -0.15) is 0 Å². The predicted octanol–water partition coefficient (Wildman–Crippen LogP) is 1.14. The Morgan fingerprint density at radius 2 is 2.06 bits per heavy atom. The molecule has 0 radical (unpaired) electrons. The van der Waals surface area contributed by atoms with Crippen LogP contribution in [0.1, 0.15) is 46.0 Å². The Bertz CT molecular complexity index is 295. The molecule has 1 aliphatic rings. The maximum absolute atomic E-state index is 11.8. The predicted molar refractivity (Wildman–Crippen MR) is 69.3 cm³/mol. The molecule has 0 aromatic heterocycles. The number of carbonyl (C=O) groups excluding carboxylic acids is 1. The average Bonchev–Trinajstić information content (AvgIpc) is 2.86. The van der Waals surface area contributed by atoms with E-state index in [1.54, 1.807) is 13.8 Å². The quantitative estimate of drug-likeness (QED) is 0.638. The number of amides is 1. The normalized spacial score (nSPS) is 19.8. The SMILES string of the molecule is CCC(CC)(NC(=O)CCC1CCNC1)C(=O)O. The van der Waals surface area contributed by atoms with Crippen molar-refractivity contribution >= 4 is 11.9 Å². The van der Waals surface area contributed by atoms with Gasteiger partial charge in [-0.3, -0.25) is 4.79 Å². The van der Waals surface area contributed by atoms with E-state index in [9.17, 15) is 14.7 Å². The standard InChI is InChI=1S/C13H24N2O3/c1-3-13(4-2,12(17)18)15-11(16)6-5-10-7-8-14-9-10/h10,14H,3-9H2,1-2H3,(H,15,16)(H,17,18). The smallest absolute Gasteiger partial charge is 0.329 e. The Labute approximate surface area is 108 Å². The third-order valence-corrected chi connectivity index (χ3v) is 3.94. The molecular weight excluding hydrogens is 232 g/mol. The van der Waals surface area contributed by atoms with Gasteiger partial charge in [0.15, 0.2) is 0 Å². The Balaban J connectivity index is 2.43. The number of hydrogen-bond acceptors (Lipinski definition) is 3. The van der Waals surface area contributed by atoms with Crippen LogP contribution in [0.4, 0.5) is 0 Å². The van der Waals surface area contributed by atoms with Crippen molar-refractivity contribution in [1.82, 2.24) is 10.6 Å². The van der Waals surface area contributed by atoms with E-state index in [2.05, 4.69) is 10.6 Å². The summed E-state index contributed by atoms with van der Waals surface area (Å²) in [5.74, 6) is -0.533. The zero-order valence-electron chi connectivity index (χ0n) is 11.3. The van der Waals surface area contributed by atoms with Gasteiger partial charge in [0, 0.05) is 6.42 Å². The molecule has 1 unspecified atom stereocenters. The molecule has 5 heteroatoms. The van der Waals surface area contributed by atoms with Crippen LogP contribution in [0.2, 0.25) is 0 Å². The van der Waals surface area contributed by atoms with Crippen LogP contribution in [0.25, 0.3) is 0 Å². The molecule has 0 saturated carbocycles. The molecule has 0 spiro atoms. The molecule has 1 saturated heterocycles. The molecule has 1 aliphatic heterocycles. The van der Waals surface area contributed by atoms with Crippen molar-refractivity contribution in [1.29, 1.82) is 0 Å². The molecular formula is C13H24N2O3. The number of carbonyl (C=O) groups is 2. The van der Waals surface area contributed by atoms with Crippen molar-refractivity contribution in [2.24, 2.45) is 5.92 Å². The van der Waals surface area contributed by atoms with Crippen LogP contribution in [0, 0.1) is 5.92 Å². The summed E-state index contributed by atoms with van der Waals surface area (Å²) in [5, 5.41) is 15.2. The van der Waals surface area contributed by atoms with Crippen LogP contribution in [0.5, 0.6) is 0 Å². The van der Waals surface area contributed by atoms with E-state index in [0.717, 1.165) is 25.9 Å². The molecule has 1 rings (SSSR count). The minimum atomic E-state index is -1.09. The number of carboxylic acid groups (broad SMARTS) is 1. The first-order valence-electron chi connectivity index (χ1n) is 6.79. The maximum Gasteiger partial charge on any atom is 0.329 e. The molecule has 5 nitrogen and oxygen atoms in total. The first-order chi connectivity index (χ1) is 8.54. The summed E-state index contributed by atoms with van der Waals surface area (Å²) < 4.78 is 0. The summed E-state index contributed by atoms with van der Waals surface area (Å²) in [7, 11) is 0. The molecule has 0 aliphatic carbocycles. The van der Waals surface area contributed by atoms with Crippen molar-refractivity contribution < 1.29 is 14.7 Å². The lowest BCUT2D eigenvalue weighted by atomic mass is 9.92. The minimum absolute atomic E-state index is 0.145. The highest BCUT2D eigenvalue weighted by atomic mass is 16.4. The number of carboxylic acids is 1. The van der Waals surface area contributed by atoms with Crippen molar-refractivity contribution in [3.05, 3.63) is 0 Å². The average molecular weight is 256 g/mol. The number of rotatable bonds is 7. The van der Waals surface area contributed by atoms with Crippen LogP contribution in [-0.2, 0) is 9.59 Å². The Hall–Kier alpha value is -1.10. The molecule has 104 valence electrons. The fraction of sp³-hybridized carbons (Fsp3) is 0.846. The number of hydrogen-bond donors (Lipinski definition) is 3. The van der Waals surface area contributed by atoms with Crippen LogP contribution < -0.4 is 10.6 Å². The summed E-state index contributed by atoms with van der Waals surface area (Å²) in [6.07, 6.45) is 3.19. The topological polar surface area (TPSA) is 78.4 Å². The van der Waals surface area contributed by atoms with Gasteiger partial charge in [-0.15, -0.1) is 0 Å². The van der Waals surface area contributed by atoms with Crippen LogP contribution in [0.3, 0.4) is 0 Å². The van der Waals surface area contributed by atoms with E-state index in [0.29, 0.717) is 25.2 Å². The zero-order chi connectivity index (χ0) is 13.6. The first kappa shape index (κ1) is 15.0. The second kappa shape index (κ2) is 6.73. The molecule has 18 heavy (non-hydrogen) atoms. The van der Waals surface area contributed by atoms with Gasteiger partial charge in [-0.1, -0.05) is 13.8 Å². The van der Waals surface area contributed by atoms with E-state index < -0.39 is 11.5 Å². The Morgan fingerprint density at radius 3 is 2.50 bits per heavy atom. The lowest BCUT2D eigenvalue weighted by Crippen LogP contribution is -2.53. The van der Waals surface area contributed by atoms with E-state index in [1.165, 1.54) is 0 Å². The molecule has 0 aromatic rings. The van der Waals surface area contributed by atoms with Gasteiger partial charge in [0.1, 0.15) is 5.54 Å². The van der Waals surface area contributed by atoms with Gasteiger partial charge >= 0.3 is 5.97 Å². The summed E-state index contributed by atoms with van der Waals surface area (Å²) in [5.41, 5.74) is -1.09. The second-order valence-electron chi connectivity index (χ2n) is 5.04. The lowest BCUT2D eigenvalue weighted by molar-refractivity contribution is -0.148. The Morgan fingerprint density at radius 1 is 1.39 bits per heavy atom. The summed E-state index contributed by atoms with van der Waals surface area (Å²) in [6, 6.07) is 0. The van der Waals surface area contributed by atoms with Crippen molar-refractivity contribution in [3.8, 4) is 0 Å². The molecule has 1 fully saturated rings. The largest absolute Gasteiger partial charge is 0.480 e. The summed E-state index contributed by atoms with van der Waals surface area (Å²) >= 11 is 0. The van der Waals surface area contributed by atoms with Gasteiger partial charge in [0.05, 0.1) is 0 Å². The van der Waals surface area contributed by atoms with E-state index >= 15 is 0 Å². The van der Waals surface area contributed by atoms with Crippen LogP contribution >= 0.6 is 0 Å². The van der Waals surface area contributed by atoms with Crippen molar-refractivity contribution in [3.63, 3.8) is 0 Å². The van der Waals surface area contributed by atoms with Crippen LogP contribution in [-0.4, -0.2) is 35.6 Å². The van der Waals surface area contributed by atoms with Gasteiger partial charge < -0.3 is 15.7 Å². The first-order valence-corrected chi connectivity index (χ1v) is 6.79. The maximum atomic E-state index is 11.8. The van der Waals surface area contributed by atoms with Gasteiger partial charge in [-0.05, 0) is 44.7 Å². The molecule has 0 aromatic carbocycles. The molecule has 1 amide bonds. The summed E-state index contributed by atoms with van der Waals surface area (Å²) in [6.45, 7) is 5.58. The molecule has 1 atom stereocenters. The fourth-order valence-corrected chi connectivity index (χ4v) is 2.41.